The van der Waals surface area contributed by atoms with E-state index in [-0.39, 0.29) is 5.70 Å². The molecule has 0 aromatic heterocycles. The summed E-state index contributed by atoms with van der Waals surface area (Å²) >= 11 is 3.55. The maximum atomic E-state index is 12.3. The van der Waals surface area contributed by atoms with E-state index < -0.39 is 5.97 Å². The molecular formula is C23H24BrNO4. The third-order valence-electron chi connectivity index (χ3n) is 4.19. The summed E-state index contributed by atoms with van der Waals surface area (Å²) in [6.07, 6.45) is 1.69. The van der Waals surface area contributed by atoms with Crippen molar-refractivity contribution in [1.82, 2.24) is 0 Å². The molecule has 5 nitrogen and oxygen atoms in total. The van der Waals surface area contributed by atoms with Crippen LogP contribution in [0.25, 0.3) is 6.08 Å². The van der Waals surface area contributed by atoms with Crippen molar-refractivity contribution >= 4 is 33.9 Å². The number of hydrogen-bond donors (Lipinski definition) is 0. The summed E-state index contributed by atoms with van der Waals surface area (Å²) in [4.78, 5) is 16.7. The number of rotatable bonds is 7. The van der Waals surface area contributed by atoms with Crippen LogP contribution in [0, 0.1) is 12.8 Å². The Morgan fingerprint density at radius 1 is 1.21 bits per heavy atom. The van der Waals surface area contributed by atoms with Gasteiger partial charge in [-0.15, -0.1) is 0 Å². The number of ether oxygens (including phenoxy) is 3. The summed E-state index contributed by atoms with van der Waals surface area (Å²) in [6, 6.07) is 11.4. The lowest BCUT2D eigenvalue weighted by atomic mass is 10.1. The summed E-state index contributed by atoms with van der Waals surface area (Å²) < 4.78 is 17.8. The van der Waals surface area contributed by atoms with Gasteiger partial charge in [-0.25, -0.2) is 9.79 Å². The van der Waals surface area contributed by atoms with Crippen molar-refractivity contribution in [3.05, 3.63) is 63.3 Å². The molecule has 0 bridgehead atoms. The molecule has 2 aromatic rings. The highest BCUT2D eigenvalue weighted by Gasteiger charge is 2.25. The number of hydrogen-bond acceptors (Lipinski definition) is 5. The topological polar surface area (TPSA) is 57.1 Å². The number of aryl methyl sites for hydroxylation is 1. The zero-order valence-corrected chi connectivity index (χ0v) is 18.6. The van der Waals surface area contributed by atoms with Crippen molar-refractivity contribution in [2.75, 3.05) is 13.2 Å². The van der Waals surface area contributed by atoms with E-state index in [4.69, 9.17) is 14.2 Å². The smallest absolute Gasteiger partial charge is 0.363 e. The van der Waals surface area contributed by atoms with Crippen molar-refractivity contribution in [3.63, 3.8) is 0 Å². The van der Waals surface area contributed by atoms with Gasteiger partial charge in [-0.1, -0.05) is 32.0 Å². The second-order valence-electron chi connectivity index (χ2n) is 7.12. The van der Waals surface area contributed by atoms with E-state index in [9.17, 15) is 4.79 Å². The molecule has 0 radical (unpaired) electrons. The number of esters is 1. The number of aliphatic imine (C=N–C) groups is 1. The third kappa shape index (κ3) is 5.07. The van der Waals surface area contributed by atoms with Crippen molar-refractivity contribution in [1.29, 1.82) is 0 Å². The molecular weight excluding hydrogens is 434 g/mol. The van der Waals surface area contributed by atoms with Crippen LogP contribution in [-0.4, -0.2) is 25.1 Å². The van der Waals surface area contributed by atoms with Crippen LogP contribution in [0.3, 0.4) is 0 Å². The van der Waals surface area contributed by atoms with Crippen LogP contribution in [0.2, 0.25) is 0 Å². The van der Waals surface area contributed by atoms with Gasteiger partial charge < -0.3 is 14.2 Å². The Hall–Kier alpha value is -2.60. The van der Waals surface area contributed by atoms with Gasteiger partial charge >= 0.3 is 5.97 Å². The molecule has 152 valence electrons. The molecule has 0 atom stereocenters. The van der Waals surface area contributed by atoms with Gasteiger partial charge in [0, 0.05) is 5.56 Å². The molecule has 29 heavy (non-hydrogen) atoms. The monoisotopic (exact) mass is 457 g/mol. The van der Waals surface area contributed by atoms with Gasteiger partial charge in [0.1, 0.15) is 0 Å². The Balaban J connectivity index is 1.95. The van der Waals surface area contributed by atoms with Gasteiger partial charge in [-0.05, 0) is 71.1 Å². The maximum absolute atomic E-state index is 12.3. The van der Waals surface area contributed by atoms with Crippen molar-refractivity contribution in [3.8, 4) is 11.5 Å². The van der Waals surface area contributed by atoms with E-state index in [1.54, 1.807) is 6.08 Å². The van der Waals surface area contributed by atoms with Gasteiger partial charge in [-0.3, -0.25) is 0 Å². The molecule has 1 heterocycles. The molecule has 0 aliphatic carbocycles. The molecule has 1 aliphatic heterocycles. The minimum Gasteiger partial charge on any atom is -0.490 e. The van der Waals surface area contributed by atoms with E-state index in [0.29, 0.717) is 36.5 Å². The predicted molar refractivity (Wildman–Crippen MR) is 117 cm³/mol. The number of carbonyl (C=O) groups is 1. The molecule has 0 amide bonds. The summed E-state index contributed by atoms with van der Waals surface area (Å²) in [5.41, 5.74) is 2.80. The Morgan fingerprint density at radius 2 is 1.97 bits per heavy atom. The SMILES string of the molecule is CCOc1cc(/C=C2\N=C(c3ccccc3C)OC2=O)cc(Br)c1OCC(C)C. The van der Waals surface area contributed by atoms with Gasteiger partial charge in [0.05, 0.1) is 17.7 Å². The second-order valence-corrected chi connectivity index (χ2v) is 7.97. The van der Waals surface area contributed by atoms with Crippen LogP contribution in [0.4, 0.5) is 0 Å². The van der Waals surface area contributed by atoms with Crippen LogP contribution in [0.5, 0.6) is 11.5 Å². The highest BCUT2D eigenvalue weighted by atomic mass is 79.9. The summed E-state index contributed by atoms with van der Waals surface area (Å²) in [7, 11) is 0. The Kier molecular flexibility index (Phi) is 6.75. The lowest BCUT2D eigenvalue weighted by Crippen LogP contribution is -2.07. The Bertz CT molecular complexity index is 979. The zero-order chi connectivity index (χ0) is 21.0. The van der Waals surface area contributed by atoms with Gasteiger partial charge in [0.25, 0.3) is 0 Å². The molecule has 0 unspecified atom stereocenters. The highest BCUT2D eigenvalue weighted by molar-refractivity contribution is 9.10. The van der Waals surface area contributed by atoms with Crippen molar-refractivity contribution < 1.29 is 19.0 Å². The molecule has 0 saturated heterocycles. The number of benzene rings is 2. The average molecular weight is 458 g/mol. The van der Waals surface area contributed by atoms with Crippen molar-refractivity contribution in [2.45, 2.75) is 27.7 Å². The summed E-state index contributed by atoms with van der Waals surface area (Å²) in [6.45, 7) is 9.12. The van der Waals surface area contributed by atoms with E-state index in [0.717, 1.165) is 21.2 Å². The fourth-order valence-corrected chi connectivity index (χ4v) is 3.39. The lowest BCUT2D eigenvalue weighted by Gasteiger charge is -2.16. The van der Waals surface area contributed by atoms with Crippen LogP contribution in [0.1, 0.15) is 37.5 Å². The Morgan fingerprint density at radius 3 is 2.66 bits per heavy atom. The minimum atomic E-state index is -0.475. The average Bonchev–Trinajstić information content (AvgIpc) is 3.01. The molecule has 0 saturated carbocycles. The first-order valence-electron chi connectivity index (χ1n) is 9.56. The van der Waals surface area contributed by atoms with Crippen LogP contribution in [-0.2, 0) is 9.53 Å². The van der Waals surface area contributed by atoms with Crippen molar-refractivity contribution in [2.24, 2.45) is 10.9 Å². The first kappa shape index (κ1) is 21.1. The van der Waals surface area contributed by atoms with Gasteiger partial charge in [-0.2, -0.15) is 0 Å². The van der Waals surface area contributed by atoms with Crippen LogP contribution < -0.4 is 9.47 Å². The third-order valence-corrected chi connectivity index (χ3v) is 4.78. The quantitative estimate of drug-likeness (QED) is 0.404. The number of carbonyl (C=O) groups excluding carboxylic acids is 1. The molecule has 6 heteroatoms. The zero-order valence-electron chi connectivity index (χ0n) is 17.0. The Labute approximate surface area is 179 Å². The first-order chi connectivity index (χ1) is 13.9. The maximum Gasteiger partial charge on any atom is 0.363 e. The highest BCUT2D eigenvalue weighted by Crippen LogP contribution is 2.38. The van der Waals surface area contributed by atoms with Gasteiger partial charge in [0.2, 0.25) is 5.90 Å². The number of halogens is 1. The fourth-order valence-electron chi connectivity index (χ4n) is 2.82. The van der Waals surface area contributed by atoms with E-state index in [2.05, 4.69) is 34.8 Å². The summed E-state index contributed by atoms with van der Waals surface area (Å²) in [5, 5.41) is 0. The largest absolute Gasteiger partial charge is 0.490 e. The number of cyclic esters (lactones) is 1. The normalized spacial score (nSPS) is 14.9. The fraction of sp³-hybridized carbons (Fsp3) is 0.304. The molecule has 1 aliphatic rings. The molecule has 0 spiro atoms. The summed E-state index contributed by atoms with van der Waals surface area (Å²) in [5.74, 6) is 1.50. The second kappa shape index (κ2) is 9.27. The first-order valence-corrected chi connectivity index (χ1v) is 10.4. The lowest BCUT2D eigenvalue weighted by molar-refractivity contribution is -0.129. The van der Waals surface area contributed by atoms with Gasteiger partial charge in [0.15, 0.2) is 17.2 Å². The molecule has 3 rings (SSSR count). The standard InChI is InChI=1S/C23H24BrNO4/c1-5-27-20-12-16(10-18(24)21(20)28-13-14(2)3)11-19-23(26)29-22(25-19)17-9-7-6-8-15(17)4/h6-12,14H,5,13H2,1-4H3/b19-11-. The van der Waals surface area contributed by atoms with E-state index in [1.807, 2.05) is 50.2 Å². The van der Waals surface area contributed by atoms with E-state index in [1.165, 1.54) is 0 Å². The van der Waals surface area contributed by atoms with E-state index >= 15 is 0 Å². The van der Waals surface area contributed by atoms with Crippen LogP contribution in [0.15, 0.2) is 51.6 Å². The molecule has 0 fully saturated rings. The van der Waals surface area contributed by atoms with Crippen LogP contribution >= 0.6 is 15.9 Å². The predicted octanol–water partition coefficient (Wildman–Crippen LogP) is 5.54. The molecule has 0 N–H and O–H groups in total. The number of nitrogens with zero attached hydrogens (tertiary/aromatic N) is 1. The minimum absolute atomic E-state index is 0.244. The molecule has 2 aromatic carbocycles.